The zero-order valence-corrected chi connectivity index (χ0v) is 14.6. The second-order valence-electron chi connectivity index (χ2n) is 6.09. The highest BCUT2D eigenvalue weighted by Gasteiger charge is 2.37. The molecule has 0 aliphatic carbocycles. The van der Waals surface area contributed by atoms with Crippen molar-refractivity contribution >= 4 is 17.3 Å². The summed E-state index contributed by atoms with van der Waals surface area (Å²) in [5, 5.41) is 2.04. The van der Waals surface area contributed by atoms with Crippen molar-refractivity contribution < 1.29 is 9.53 Å². The molecule has 1 atom stereocenters. The Bertz CT molecular complexity index is 599. The minimum Gasteiger partial charge on any atom is -0.465 e. The topological polar surface area (TPSA) is 26.3 Å². The summed E-state index contributed by atoms with van der Waals surface area (Å²) in [6, 6.07) is 12.5. The van der Waals surface area contributed by atoms with Gasteiger partial charge in [0.05, 0.1) is 12.0 Å². The third-order valence-corrected chi connectivity index (χ3v) is 4.92. The van der Waals surface area contributed by atoms with Gasteiger partial charge >= 0.3 is 5.97 Å². The van der Waals surface area contributed by atoms with Crippen LogP contribution in [0.1, 0.15) is 49.6 Å². The lowest BCUT2D eigenvalue weighted by Crippen LogP contribution is -2.36. The van der Waals surface area contributed by atoms with Gasteiger partial charge in [0.2, 0.25) is 0 Å². The minimum absolute atomic E-state index is 0.152. The highest BCUT2D eigenvalue weighted by Crippen LogP contribution is 2.32. The number of hydrogen-bond donors (Lipinski definition) is 0. The van der Waals surface area contributed by atoms with Gasteiger partial charge in [0.1, 0.15) is 0 Å². The lowest BCUT2D eigenvalue weighted by Gasteiger charge is -2.27. The number of ether oxygens (including phenoxy) is 1. The molecule has 0 bridgehead atoms. The van der Waals surface area contributed by atoms with E-state index in [2.05, 4.69) is 44.2 Å². The predicted octanol–water partition coefficient (Wildman–Crippen LogP) is 4.94. The van der Waals surface area contributed by atoms with Crippen molar-refractivity contribution in [1.82, 2.24) is 0 Å². The zero-order chi connectivity index (χ0) is 16.2. The van der Waals surface area contributed by atoms with E-state index in [0.717, 1.165) is 5.56 Å². The molecule has 1 aromatic heterocycles. The summed E-state index contributed by atoms with van der Waals surface area (Å²) in [5.74, 6) is 0.334. The molecule has 2 nitrogen and oxygen atoms in total. The molecular weight excluding hydrogens is 292 g/mol. The van der Waals surface area contributed by atoms with E-state index in [-0.39, 0.29) is 5.97 Å². The summed E-state index contributed by atoms with van der Waals surface area (Å²) in [7, 11) is 0. The van der Waals surface area contributed by atoms with E-state index in [0.29, 0.717) is 18.9 Å². The molecule has 118 valence electrons. The van der Waals surface area contributed by atoms with Gasteiger partial charge in [0, 0.05) is 11.3 Å². The zero-order valence-electron chi connectivity index (χ0n) is 13.8. The van der Waals surface area contributed by atoms with Crippen LogP contribution in [0.4, 0.5) is 0 Å². The van der Waals surface area contributed by atoms with Gasteiger partial charge in [-0.1, -0.05) is 44.2 Å². The van der Waals surface area contributed by atoms with Crippen LogP contribution in [0, 0.1) is 0 Å². The third kappa shape index (κ3) is 3.58. The Morgan fingerprint density at radius 2 is 1.91 bits per heavy atom. The Kier molecular flexibility index (Phi) is 5.41. The molecule has 2 rings (SSSR count). The molecule has 2 aromatic rings. The number of esters is 1. The van der Waals surface area contributed by atoms with Gasteiger partial charge in [-0.3, -0.25) is 4.79 Å². The molecular formula is C19H24O2S. The predicted molar refractivity (Wildman–Crippen MR) is 92.5 cm³/mol. The highest BCUT2D eigenvalue weighted by atomic mass is 32.1. The van der Waals surface area contributed by atoms with Gasteiger partial charge in [-0.25, -0.2) is 0 Å². The number of carbonyl (C=O) groups excluding carboxylic acids is 1. The van der Waals surface area contributed by atoms with E-state index < -0.39 is 5.41 Å². The van der Waals surface area contributed by atoms with Crippen molar-refractivity contribution in [1.29, 1.82) is 0 Å². The van der Waals surface area contributed by atoms with Gasteiger partial charge in [-0.15, -0.1) is 11.3 Å². The molecule has 22 heavy (non-hydrogen) atoms. The Labute approximate surface area is 137 Å². The van der Waals surface area contributed by atoms with Gasteiger partial charge in [0.15, 0.2) is 0 Å². The number of rotatable bonds is 6. The summed E-state index contributed by atoms with van der Waals surface area (Å²) in [6.07, 6.45) is 0.671. The van der Waals surface area contributed by atoms with Crippen LogP contribution in [0.15, 0.2) is 41.8 Å². The standard InChI is InChI=1S/C19H24O2S/c1-5-21-18(20)19(4,13-17-7-6-12-22-17)16-10-8-15(9-11-16)14(2)3/h6-12,14H,5,13H2,1-4H3. The first-order valence-corrected chi connectivity index (χ1v) is 8.65. The summed E-state index contributed by atoms with van der Waals surface area (Å²) >= 11 is 1.68. The van der Waals surface area contributed by atoms with Crippen LogP contribution in [0.3, 0.4) is 0 Å². The molecule has 0 aliphatic rings. The Morgan fingerprint density at radius 3 is 2.41 bits per heavy atom. The van der Waals surface area contributed by atoms with Crippen molar-refractivity contribution in [3.05, 3.63) is 57.8 Å². The van der Waals surface area contributed by atoms with Crippen LogP contribution < -0.4 is 0 Å². The molecule has 0 spiro atoms. The molecule has 0 saturated carbocycles. The van der Waals surface area contributed by atoms with E-state index in [1.54, 1.807) is 11.3 Å². The van der Waals surface area contributed by atoms with Crippen molar-refractivity contribution in [2.45, 2.75) is 45.4 Å². The van der Waals surface area contributed by atoms with Gasteiger partial charge in [-0.05, 0) is 42.3 Å². The molecule has 1 unspecified atom stereocenters. The van der Waals surface area contributed by atoms with Crippen molar-refractivity contribution in [3.63, 3.8) is 0 Å². The SMILES string of the molecule is CCOC(=O)C(C)(Cc1cccs1)c1ccc(C(C)C)cc1. The lowest BCUT2D eigenvalue weighted by molar-refractivity contribution is -0.149. The molecule has 3 heteroatoms. The molecule has 0 radical (unpaired) electrons. The van der Waals surface area contributed by atoms with Crippen molar-refractivity contribution in [2.75, 3.05) is 6.61 Å². The third-order valence-electron chi connectivity index (χ3n) is 4.05. The fraction of sp³-hybridized carbons (Fsp3) is 0.421. The van der Waals surface area contributed by atoms with Gasteiger partial charge in [-0.2, -0.15) is 0 Å². The van der Waals surface area contributed by atoms with E-state index >= 15 is 0 Å². The first-order valence-electron chi connectivity index (χ1n) is 7.77. The highest BCUT2D eigenvalue weighted by molar-refractivity contribution is 7.09. The molecule has 0 fully saturated rings. The van der Waals surface area contributed by atoms with Crippen LogP contribution in [0.25, 0.3) is 0 Å². The Hall–Kier alpha value is -1.61. The second-order valence-corrected chi connectivity index (χ2v) is 7.12. The van der Waals surface area contributed by atoms with Crippen LogP contribution in [-0.2, 0) is 21.4 Å². The largest absolute Gasteiger partial charge is 0.465 e. The number of hydrogen-bond acceptors (Lipinski definition) is 3. The monoisotopic (exact) mass is 316 g/mol. The Morgan fingerprint density at radius 1 is 1.23 bits per heavy atom. The van der Waals surface area contributed by atoms with E-state index in [4.69, 9.17) is 4.74 Å². The van der Waals surface area contributed by atoms with E-state index in [9.17, 15) is 4.79 Å². The van der Waals surface area contributed by atoms with Crippen molar-refractivity contribution in [2.24, 2.45) is 0 Å². The first-order chi connectivity index (χ1) is 10.5. The number of carbonyl (C=O) groups is 1. The molecule has 0 amide bonds. The maximum Gasteiger partial charge on any atom is 0.316 e. The molecule has 0 aliphatic heterocycles. The lowest BCUT2D eigenvalue weighted by atomic mass is 9.78. The number of benzene rings is 1. The van der Waals surface area contributed by atoms with Crippen LogP contribution >= 0.6 is 11.3 Å². The van der Waals surface area contributed by atoms with E-state index in [1.807, 2.05) is 25.3 Å². The normalized spacial score (nSPS) is 13.9. The minimum atomic E-state index is -0.642. The molecule has 0 saturated heterocycles. The molecule has 1 heterocycles. The Balaban J connectivity index is 2.36. The quantitative estimate of drug-likeness (QED) is 0.706. The fourth-order valence-corrected chi connectivity index (χ4v) is 3.44. The average molecular weight is 316 g/mol. The summed E-state index contributed by atoms with van der Waals surface area (Å²) in [4.78, 5) is 13.8. The average Bonchev–Trinajstić information content (AvgIpc) is 3.00. The summed E-state index contributed by atoms with van der Waals surface area (Å²) in [6.45, 7) is 8.58. The van der Waals surface area contributed by atoms with Gasteiger partial charge in [0.25, 0.3) is 0 Å². The fourth-order valence-electron chi connectivity index (χ4n) is 2.58. The van der Waals surface area contributed by atoms with E-state index in [1.165, 1.54) is 10.4 Å². The summed E-state index contributed by atoms with van der Waals surface area (Å²) in [5.41, 5.74) is 1.66. The van der Waals surface area contributed by atoms with Crippen LogP contribution in [0.2, 0.25) is 0 Å². The molecule has 1 aromatic carbocycles. The maximum absolute atomic E-state index is 12.6. The van der Waals surface area contributed by atoms with Crippen LogP contribution in [-0.4, -0.2) is 12.6 Å². The summed E-state index contributed by atoms with van der Waals surface area (Å²) < 4.78 is 5.35. The van der Waals surface area contributed by atoms with Gasteiger partial charge < -0.3 is 4.74 Å². The smallest absolute Gasteiger partial charge is 0.316 e. The van der Waals surface area contributed by atoms with Crippen molar-refractivity contribution in [3.8, 4) is 0 Å². The maximum atomic E-state index is 12.6. The molecule has 0 N–H and O–H groups in total. The van der Waals surface area contributed by atoms with Crippen LogP contribution in [0.5, 0.6) is 0 Å². The first kappa shape index (κ1) is 16.8. The number of thiophene rings is 1. The second kappa shape index (κ2) is 7.10.